The monoisotopic (exact) mass is 297 g/mol. The lowest BCUT2D eigenvalue weighted by atomic mass is 10.2. The molecule has 0 saturated carbocycles. The van der Waals surface area contributed by atoms with Gasteiger partial charge in [0.1, 0.15) is 4.60 Å². The molecule has 1 saturated heterocycles. The van der Waals surface area contributed by atoms with Gasteiger partial charge in [-0.1, -0.05) is 6.07 Å². The fraction of sp³-hybridized carbons (Fsp3) is 0.455. The van der Waals surface area contributed by atoms with Crippen molar-refractivity contribution in [3.63, 3.8) is 0 Å². The molecule has 0 aliphatic carbocycles. The second-order valence-corrected chi connectivity index (χ2v) is 6.21. The third kappa shape index (κ3) is 1.98. The zero-order valence-electron chi connectivity index (χ0n) is 8.77. The molecule has 1 aliphatic heterocycles. The van der Waals surface area contributed by atoms with Crippen molar-refractivity contribution in [3.05, 3.63) is 28.6 Å². The Bertz CT molecular complexity index is 505. The maximum absolute atomic E-state index is 4.55. The van der Waals surface area contributed by atoms with E-state index in [1.54, 1.807) is 0 Å². The highest BCUT2D eigenvalue weighted by Crippen LogP contribution is 2.28. The van der Waals surface area contributed by atoms with Crippen molar-refractivity contribution in [2.45, 2.75) is 24.5 Å². The molecule has 0 amide bonds. The molecule has 2 aromatic heterocycles. The van der Waals surface area contributed by atoms with Crippen LogP contribution in [0, 0.1) is 0 Å². The van der Waals surface area contributed by atoms with Crippen molar-refractivity contribution in [1.29, 1.82) is 0 Å². The van der Waals surface area contributed by atoms with Crippen molar-refractivity contribution in [3.8, 4) is 0 Å². The van der Waals surface area contributed by atoms with E-state index in [1.165, 1.54) is 18.6 Å². The number of rotatable bonds is 2. The predicted octanol–water partition coefficient (Wildman–Crippen LogP) is 2.93. The van der Waals surface area contributed by atoms with Gasteiger partial charge in [0, 0.05) is 11.7 Å². The quantitative estimate of drug-likeness (QED) is 0.799. The van der Waals surface area contributed by atoms with Crippen LogP contribution in [0.3, 0.4) is 0 Å². The maximum atomic E-state index is 4.55. The standard InChI is InChI=1S/C11H12BrN3S/c12-9-4-1-5-11-13-10(14-15(9)11)7-8-3-2-6-16-8/h1,4-5,8H,2-3,6-7H2. The van der Waals surface area contributed by atoms with Crippen LogP contribution >= 0.6 is 27.7 Å². The van der Waals surface area contributed by atoms with Gasteiger partial charge in [-0.2, -0.15) is 16.9 Å². The number of halogens is 1. The Balaban J connectivity index is 1.90. The average Bonchev–Trinajstić information content (AvgIpc) is 2.88. The minimum absolute atomic E-state index is 0.719. The zero-order chi connectivity index (χ0) is 11.0. The molecular weight excluding hydrogens is 286 g/mol. The molecule has 0 spiro atoms. The summed E-state index contributed by atoms with van der Waals surface area (Å²) in [6.45, 7) is 0. The fourth-order valence-corrected chi connectivity index (χ4v) is 3.69. The van der Waals surface area contributed by atoms with Gasteiger partial charge in [0.25, 0.3) is 0 Å². The summed E-state index contributed by atoms with van der Waals surface area (Å²) >= 11 is 5.53. The van der Waals surface area contributed by atoms with Crippen LogP contribution in [0.1, 0.15) is 18.7 Å². The molecule has 0 radical (unpaired) electrons. The molecule has 0 aromatic carbocycles. The first-order valence-corrected chi connectivity index (χ1v) is 7.29. The van der Waals surface area contributed by atoms with Gasteiger partial charge in [-0.25, -0.2) is 9.50 Å². The fourth-order valence-electron chi connectivity index (χ4n) is 2.01. The van der Waals surface area contributed by atoms with Crippen LogP contribution in [0.2, 0.25) is 0 Å². The molecule has 1 fully saturated rings. The molecule has 3 heterocycles. The van der Waals surface area contributed by atoms with Gasteiger partial charge >= 0.3 is 0 Å². The number of pyridine rings is 1. The van der Waals surface area contributed by atoms with Gasteiger partial charge in [0.05, 0.1) is 0 Å². The number of aromatic nitrogens is 3. The minimum atomic E-state index is 0.719. The lowest BCUT2D eigenvalue weighted by Crippen LogP contribution is -2.03. The normalized spacial score (nSPS) is 20.7. The van der Waals surface area contributed by atoms with Crippen molar-refractivity contribution < 1.29 is 0 Å². The highest BCUT2D eigenvalue weighted by Gasteiger charge is 2.18. The van der Waals surface area contributed by atoms with Crippen LogP contribution in [0.25, 0.3) is 5.65 Å². The summed E-state index contributed by atoms with van der Waals surface area (Å²) in [6.07, 6.45) is 3.65. The molecule has 84 valence electrons. The van der Waals surface area contributed by atoms with Gasteiger partial charge in [-0.05, 0) is 46.7 Å². The molecule has 0 bridgehead atoms. The smallest absolute Gasteiger partial charge is 0.156 e. The van der Waals surface area contributed by atoms with E-state index < -0.39 is 0 Å². The molecule has 3 rings (SSSR count). The topological polar surface area (TPSA) is 30.2 Å². The van der Waals surface area contributed by atoms with Crippen molar-refractivity contribution in [2.75, 3.05) is 5.75 Å². The molecule has 2 aromatic rings. The Morgan fingerprint density at radius 3 is 3.19 bits per heavy atom. The van der Waals surface area contributed by atoms with Crippen molar-refractivity contribution in [2.24, 2.45) is 0 Å². The van der Waals surface area contributed by atoms with Crippen LogP contribution in [-0.2, 0) is 6.42 Å². The first-order chi connectivity index (χ1) is 7.83. The first-order valence-electron chi connectivity index (χ1n) is 5.45. The SMILES string of the molecule is Brc1cccc2nc(CC3CCCS3)nn12. The van der Waals surface area contributed by atoms with E-state index in [9.17, 15) is 0 Å². The molecule has 3 nitrogen and oxygen atoms in total. The van der Waals surface area contributed by atoms with Crippen LogP contribution in [0.15, 0.2) is 22.8 Å². The second-order valence-electron chi connectivity index (χ2n) is 3.99. The summed E-state index contributed by atoms with van der Waals surface area (Å²) in [7, 11) is 0. The lowest BCUT2D eigenvalue weighted by molar-refractivity contribution is 0.740. The lowest BCUT2D eigenvalue weighted by Gasteiger charge is -2.02. The Labute approximate surface area is 107 Å². The highest BCUT2D eigenvalue weighted by atomic mass is 79.9. The Hall–Kier alpha value is -0.550. The van der Waals surface area contributed by atoms with Gasteiger partial charge in [0.15, 0.2) is 11.5 Å². The van der Waals surface area contributed by atoms with Crippen LogP contribution < -0.4 is 0 Å². The second kappa shape index (κ2) is 4.37. The van der Waals surface area contributed by atoms with Crippen molar-refractivity contribution >= 4 is 33.3 Å². The molecule has 0 N–H and O–H groups in total. The predicted molar refractivity (Wildman–Crippen MR) is 69.9 cm³/mol. The summed E-state index contributed by atoms with van der Waals surface area (Å²) in [6, 6.07) is 5.96. The van der Waals surface area contributed by atoms with Crippen molar-refractivity contribution in [1.82, 2.24) is 14.6 Å². The minimum Gasteiger partial charge on any atom is -0.212 e. The van der Waals surface area contributed by atoms with E-state index in [-0.39, 0.29) is 0 Å². The molecule has 16 heavy (non-hydrogen) atoms. The van der Waals surface area contributed by atoms with E-state index in [0.717, 1.165) is 27.7 Å². The average molecular weight is 298 g/mol. The molecule has 1 atom stereocenters. The number of hydrogen-bond donors (Lipinski definition) is 0. The molecule has 1 aliphatic rings. The number of nitrogens with zero attached hydrogens (tertiary/aromatic N) is 3. The first kappa shape index (κ1) is 10.6. The van der Waals surface area contributed by atoms with E-state index in [2.05, 4.69) is 37.8 Å². The Morgan fingerprint density at radius 2 is 2.44 bits per heavy atom. The van der Waals surface area contributed by atoms with Gasteiger partial charge in [0.2, 0.25) is 0 Å². The van der Waals surface area contributed by atoms with Gasteiger partial charge < -0.3 is 0 Å². The number of hydrogen-bond acceptors (Lipinski definition) is 3. The van der Waals surface area contributed by atoms with Gasteiger partial charge in [-0.3, -0.25) is 0 Å². The summed E-state index contributed by atoms with van der Waals surface area (Å²) in [5.74, 6) is 2.26. The Morgan fingerprint density at radius 1 is 1.50 bits per heavy atom. The summed E-state index contributed by atoms with van der Waals surface area (Å²) < 4.78 is 2.82. The van der Waals surface area contributed by atoms with E-state index in [1.807, 2.05) is 22.7 Å². The third-order valence-corrected chi connectivity index (χ3v) is 4.79. The van der Waals surface area contributed by atoms with E-state index in [4.69, 9.17) is 0 Å². The largest absolute Gasteiger partial charge is 0.212 e. The molecule has 5 heteroatoms. The molecular formula is C11H12BrN3S. The van der Waals surface area contributed by atoms with Gasteiger partial charge in [-0.15, -0.1) is 0 Å². The summed E-state index contributed by atoms with van der Waals surface area (Å²) in [5.41, 5.74) is 0.923. The Kier molecular flexibility index (Phi) is 2.90. The maximum Gasteiger partial charge on any atom is 0.156 e. The third-order valence-electron chi connectivity index (χ3n) is 2.79. The number of fused-ring (bicyclic) bond motifs is 1. The van der Waals surface area contributed by atoms with E-state index in [0.29, 0.717) is 0 Å². The summed E-state index contributed by atoms with van der Waals surface area (Å²) in [5, 5.41) is 5.24. The van der Waals surface area contributed by atoms with Crippen LogP contribution in [0.5, 0.6) is 0 Å². The highest BCUT2D eigenvalue weighted by molar-refractivity contribution is 9.10. The molecule has 1 unspecified atom stereocenters. The summed E-state index contributed by atoms with van der Waals surface area (Å²) in [4.78, 5) is 4.55. The zero-order valence-corrected chi connectivity index (χ0v) is 11.2. The van der Waals surface area contributed by atoms with E-state index >= 15 is 0 Å². The van der Waals surface area contributed by atoms with Crippen LogP contribution in [-0.4, -0.2) is 25.6 Å². The van der Waals surface area contributed by atoms with Crippen LogP contribution in [0.4, 0.5) is 0 Å². The number of thioether (sulfide) groups is 1.